The van der Waals surface area contributed by atoms with Crippen LogP contribution in [0.2, 0.25) is 0 Å². The number of carboxylic acid groups (broad SMARTS) is 1. The molecule has 0 aliphatic carbocycles. The van der Waals surface area contributed by atoms with Gasteiger partial charge < -0.3 is 15.7 Å². The summed E-state index contributed by atoms with van der Waals surface area (Å²) < 4.78 is 0. The summed E-state index contributed by atoms with van der Waals surface area (Å²) in [6.07, 6.45) is 0. The molecule has 0 unspecified atom stereocenters. The Bertz CT molecular complexity index is 442. The Labute approximate surface area is 98.8 Å². The maximum Gasteiger partial charge on any atom is 0.335 e. The van der Waals surface area contributed by atoms with E-state index in [0.29, 0.717) is 6.54 Å². The fraction of sp³-hybridized carbons (Fsp3) is 0.333. The third-order valence-corrected chi connectivity index (χ3v) is 2.77. The van der Waals surface area contributed by atoms with Gasteiger partial charge in [-0.15, -0.1) is 0 Å². The van der Waals surface area contributed by atoms with Crippen LogP contribution in [0.15, 0.2) is 24.3 Å². The fourth-order valence-electron chi connectivity index (χ4n) is 1.85. The van der Waals surface area contributed by atoms with Gasteiger partial charge in [0.1, 0.15) is 6.04 Å². The van der Waals surface area contributed by atoms with Crippen LogP contribution in [0.25, 0.3) is 0 Å². The van der Waals surface area contributed by atoms with Crippen LogP contribution in [-0.2, 0) is 4.79 Å². The monoisotopic (exact) mass is 234 g/mol. The first-order valence-electron chi connectivity index (χ1n) is 5.45. The van der Waals surface area contributed by atoms with Gasteiger partial charge in [0.25, 0.3) is 0 Å². The van der Waals surface area contributed by atoms with Gasteiger partial charge in [-0.25, -0.2) is 4.79 Å². The standard InChI is InChI=1S/C12H14N2O3/c1-7-6-13-10(11(15)14-7)8-2-4-9(5-3-8)12(16)17/h2-5,7,10,13H,6H2,1H3,(H,14,15)(H,16,17)/t7-,10-/m1/s1. The summed E-state index contributed by atoms with van der Waals surface area (Å²) in [6, 6.07) is 6.06. The van der Waals surface area contributed by atoms with E-state index in [9.17, 15) is 9.59 Å². The summed E-state index contributed by atoms with van der Waals surface area (Å²) in [5, 5.41) is 14.7. The number of nitrogens with one attached hydrogen (secondary N) is 2. The first-order chi connectivity index (χ1) is 8.08. The SMILES string of the molecule is C[C@@H]1CN[C@H](c2ccc(C(=O)O)cc2)C(=O)N1. The number of hydrogen-bond donors (Lipinski definition) is 3. The summed E-state index contributed by atoms with van der Waals surface area (Å²) in [6.45, 7) is 2.63. The number of carbonyl (C=O) groups is 2. The molecule has 1 aliphatic heterocycles. The molecule has 1 aliphatic rings. The van der Waals surface area contributed by atoms with Crippen LogP contribution in [0.4, 0.5) is 0 Å². The lowest BCUT2D eigenvalue weighted by Crippen LogP contribution is -2.52. The van der Waals surface area contributed by atoms with Crippen molar-refractivity contribution in [2.45, 2.75) is 19.0 Å². The summed E-state index contributed by atoms with van der Waals surface area (Å²) in [7, 11) is 0. The number of hydrogen-bond acceptors (Lipinski definition) is 3. The molecule has 1 aromatic rings. The van der Waals surface area contributed by atoms with Crippen LogP contribution >= 0.6 is 0 Å². The van der Waals surface area contributed by atoms with E-state index >= 15 is 0 Å². The molecule has 1 saturated heterocycles. The first-order valence-corrected chi connectivity index (χ1v) is 5.45. The van der Waals surface area contributed by atoms with Gasteiger partial charge in [-0.3, -0.25) is 4.79 Å². The molecule has 0 radical (unpaired) electrons. The third-order valence-electron chi connectivity index (χ3n) is 2.77. The maximum atomic E-state index is 11.7. The Morgan fingerprint density at radius 1 is 1.35 bits per heavy atom. The lowest BCUT2D eigenvalue weighted by molar-refractivity contribution is -0.125. The Morgan fingerprint density at radius 3 is 2.53 bits per heavy atom. The van der Waals surface area contributed by atoms with Crippen molar-refractivity contribution in [3.05, 3.63) is 35.4 Å². The molecule has 2 rings (SSSR count). The van der Waals surface area contributed by atoms with Crippen molar-refractivity contribution in [1.82, 2.24) is 10.6 Å². The predicted octanol–water partition coefficient (Wildman–Crippen LogP) is 0.534. The van der Waals surface area contributed by atoms with Gasteiger partial charge in [0, 0.05) is 12.6 Å². The minimum Gasteiger partial charge on any atom is -0.478 e. The zero-order valence-corrected chi connectivity index (χ0v) is 9.43. The Morgan fingerprint density at radius 2 is 2.00 bits per heavy atom. The molecule has 90 valence electrons. The Balaban J connectivity index is 2.17. The summed E-state index contributed by atoms with van der Waals surface area (Å²) >= 11 is 0. The van der Waals surface area contributed by atoms with Crippen molar-refractivity contribution >= 4 is 11.9 Å². The minimum absolute atomic E-state index is 0.0770. The smallest absolute Gasteiger partial charge is 0.335 e. The van der Waals surface area contributed by atoms with Crippen molar-refractivity contribution in [2.75, 3.05) is 6.54 Å². The number of carbonyl (C=O) groups excluding carboxylic acids is 1. The zero-order chi connectivity index (χ0) is 12.4. The minimum atomic E-state index is -0.966. The van der Waals surface area contributed by atoms with Gasteiger partial charge in [-0.1, -0.05) is 12.1 Å². The van der Waals surface area contributed by atoms with Crippen molar-refractivity contribution in [3.8, 4) is 0 Å². The highest BCUT2D eigenvalue weighted by molar-refractivity contribution is 5.88. The lowest BCUT2D eigenvalue weighted by atomic mass is 10.0. The average molecular weight is 234 g/mol. The molecule has 1 fully saturated rings. The molecule has 0 spiro atoms. The van der Waals surface area contributed by atoms with Gasteiger partial charge in [0.05, 0.1) is 5.56 Å². The summed E-state index contributed by atoms with van der Waals surface area (Å²) in [5.41, 5.74) is 0.998. The average Bonchev–Trinajstić information content (AvgIpc) is 2.29. The lowest BCUT2D eigenvalue weighted by Gasteiger charge is -2.28. The Kier molecular flexibility index (Phi) is 3.10. The molecular weight excluding hydrogens is 220 g/mol. The molecule has 17 heavy (non-hydrogen) atoms. The summed E-state index contributed by atoms with van der Waals surface area (Å²) in [4.78, 5) is 22.4. The van der Waals surface area contributed by atoms with E-state index in [1.807, 2.05) is 6.92 Å². The molecular formula is C12H14N2O3. The zero-order valence-electron chi connectivity index (χ0n) is 9.43. The molecule has 5 nitrogen and oxygen atoms in total. The number of carboxylic acids is 1. The molecule has 5 heteroatoms. The van der Waals surface area contributed by atoms with Gasteiger partial charge in [-0.05, 0) is 24.6 Å². The van der Waals surface area contributed by atoms with E-state index in [4.69, 9.17) is 5.11 Å². The second-order valence-corrected chi connectivity index (χ2v) is 4.18. The normalized spacial score (nSPS) is 24.2. The molecule has 0 aromatic heterocycles. The van der Waals surface area contributed by atoms with Gasteiger partial charge in [0.15, 0.2) is 0 Å². The number of amides is 1. The topological polar surface area (TPSA) is 78.4 Å². The van der Waals surface area contributed by atoms with Crippen LogP contribution < -0.4 is 10.6 Å². The van der Waals surface area contributed by atoms with Gasteiger partial charge in [-0.2, -0.15) is 0 Å². The number of benzene rings is 1. The van der Waals surface area contributed by atoms with E-state index in [-0.39, 0.29) is 17.5 Å². The van der Waals surface area contributed by atoms with Gasteiger partial charge in [0.2, 0.25) is 5.91 Å². The van der Waals surface area contributed by atoms with E-state index < -0.39 is 12.0 Å². The van der Waals surface area contributed by atoms with Crippen LogP contribution in [0.3, 0.4) is 0 Å². The number of aromatic carboxylic acids is 1. The summed E-state index contributed by atoms with van der Waals surface area (Å²) in [5.74, 6) is -1.04. The largest absolute Gasteiger partial charge is 0.478 e. The number of piperazine rings is 1. The Hall–Kier alpha value is -1.88. The van der Waals surface area contributed by atoms with E-state index in [1.165, 1.54) is 12.1 Å². The van der Waals surface area contributed by atoms with Crippen LogP contribution in [0, 0.1) is 0 Å². The number of rotatable bonds is 2. The van der Waals surface area contributed by atoms with E-state index in [1.54, 1.807) is 12.1 Å². The second-order valence-electron chi connectivity index (χ2n) is 4.18. The highest BCUT2D eigenvalue weighted by Crippen LogP contribution is 2.16. The van der Waals surface area contributed by atoms with Crippen LogP contribution in [0.5, 0.6) is 0 Å². The van der Waals surface area contributed by atoms with E-state index in [0.717, 1.165) is 5.56 Å². The molecule has 1 heterocycles. The highest BCUT2D eigenvalue weighted by Gasteiger charge is 2.26. The van der Waals surface area contributed by atoms with Crippen molar-refractivity contribution < 1.29 is 14.7 Å². The molecule has 0 saturated carbocycles. The fourth-order valence-corrected chi connectivity index (χ4v) is 1.85. The molecule has 1 amide bonds. The van der Waals surface area contributed by atoms with Crippen molar-refractivity contribution in [2.24, 2.45) is 0 Å². The van der Waals surface area contributed by atoms with Gasteiger partial charge >= 0.3 is 5.97 Å². The maximum absolute atomic E-state index is 11.7. The van der Waals surface area contributed by atoms with Crippen LogP contribution in [-0.4, -0.2) is 29.6 Å². The highest BCUT2D eigenvalue weighted by atomic mass is 16.4. The van der Waals surface area contributed by atoms with Crippen LogP contribution in [0.1, 0.15) is 28.9 Å². The third kappa shape index (κ3) is 2.45. The molecule has 3 N–H and O–H groups in total. The molecule has 0 bridgehead atoms. The quantitative estimate of drug-likeness (QED) is 0.697. The molecule has 2 atom stereocenters. The van der Waals surface area contributed by atoms with E-state index in [2.05, 4.69) is 10.6 Å². The predicted molar refractivity (Wildman–Crippen MR) is 61.7 cm³/mol. The van der Waals surface area contributed by atoms with Crippen molar-refractivity contribution in [3.63, 3.8) is 0 Å². The first kappa shape index (κ1) is 11.6. The second kappa shape index (κ2) is 4.55. The van der Waals surface area contributed by atoms with Crippen molar-refractivity contribution in [1.29, 1.82) is 0 Å². The molecule has 1 aromatic carbocycles.